The SMILES string of the molecule is C=CC(=O)NC(COc1ccc2c(Nc3ccc(F)c(Cl)c3)ncnc2c1)CN1CCOCC1. The summed E-state index contributed by atoms with van der Waals surface area (Å²) in [6.07, 6.45) is 2.69. The summed E-state index contributed by atoms with van der Waals surface area (Å²) >= 11 is 5.88. The first-order chi connectivity index (χ1) is 16.5. The van der Waals surface area contributed by atoms with E-state index >= 15 is 0 Å². The zero-order valence-electron chi connectivity index (χ0n) is 18.5. The first-order valence-corrected chi connectivity index (χ1v) is 11.2. The highest BCUT2D eigenvalue weighted by Gasteiger charge is 2.19. The van der Waals surface area contributed by atoms with Gasteiger partial charge in [0.05, 0.1) is 29.8 Å². The summed E-state index contributed by atoms with van der Waals surface area (Å²) in [5.41, 5.74) is 1.28. The lowest BCUT2D eigenvalue weighted by atomic mass is 10.2. The number of benzene rings is 2. The largest absolute Gasteiger partial charge is 0.491 e. The number of carbonyl (C=O) groups is 1. The number of nitrogens with one attached hydrogen (secondary N) is 2. The van der Waals surface area contributed by atoms with Crippen LogP contribution in [0.25, 0.3) is 10.9 Å². The molecule has 0 radical (unpaired) electrons. The monoisotopic (exact) mass is 485 g/mol. The third kappa shape index (κ3) is 6.19. The van der Waals surface area contributed by atoms with E-state index in [-0.39, 0.29) is 23.6 Å². The van der Waals surface area contributed by atoms with Gasteiger partial charge in [-0.05, 0) is 36.4 Å². The third-order valence-electron chi connectivity index (χ3n) is 5.36. The second-order valence-corrected chi connectivity index (χ2v) is 8.20. The van der Waals surface area contributed by atoms with Gasteiger partial charge in [0.1, 0.15) is 30.3 Å². The molecular formula is C24H25ClFN5O3. The van der Waals surface area contributed by atoms with Gasteiger partial charge in [-0.1, -0.05) is 18.2 Å². The number of aromatic nitrogens is 2. The summed E-state index contributed by atoms with van der Waals surface area (Å²) in [6, 6.07) is 9.62. The van der Waals surface area contributed by atoms with Gasteiger partial charge >= 0.3 is 0 Å². The first-order valence-electron chi connectivity index (χ1n) is 10.8. The zero-order chi connectivity index (χ0) is 23.9. The molecule has 178 valence electrons. The summed E-state index contributed by atoms with van der Waals surface area (Å²) in [6.45, 7) is 7.42. The Morgan fingerprint density at radius 2 is 2.09 bits per heavy atom. The molecule has 0 spiro atoms. The number of morpholine rings is 1. The van der Waals surface area contributed by atoms with Crippen LogP contribution in [-0.2, 0) is 9.53 Å². The maximum Gasteiger partial charge on any atom is 0.243 e. The standard InChI is InChI=1S/C24H25ClFN5O3/c1-2-23(32)29-17(13-31-7-9-33-10-8-31)14-34-18-4-5-19-22(12-18)27-15-28-24(19)30-16-3-6-21(26)20(25)11-16/h2-6,11-12,15,17H,1,7-10,13-14H2,(H,29,32)(H,27,28,30). The van der Waals surface area contributed by atoms with Crippen molar-refractivity contribution in [2.24, 2.45) is 0 Å². The van der Waals surface area contributed by atoms with Crippen molar-refractivity contribution >= 4 is 39.9 Å². The molecule has 1 fully saturated rings. The molecule has 0 bridgehead atoms. The van der Waals surface area contributed by atoms with Gasteiger partial charge in [-0.2, -0.15) is 0 Å². The van der Waals surface area contributed by atoms with E-state index in [1.807, 2.05) is 12.1 Å². The molecular weight excluding hydrogens is 461 g/mol. The number of halogens is 2. The van der Waals surface area contributed by atoms with E-state index in [2.05, 4.69) is 32.1 Å². The molecule has 34 heavy (non-hydrogen) atoms. The number of fused-ring (bicyclic) bond motifs is 1. The average molecular weight is 486 g/mol. The number of hydrogen-bond donors (Lipinski definition) is 2. The van der Waals surface area contributed by atoms with Crippen molar-refractivity contribution in [2.45, 2.75) is 6.04 Å². The Morgan fingerprint density at radius 1 is 1.26 bits per heavy atom. The molecule has 1 amide bonds. The van der Waals surface area contributed by atoms with Crippen LogP contribution >= 0.6 is 11.6 Å². The maximum atomic E-state index is 13.5. The van der Waals surface area contributed by atoms with Crippen LogP contribution in [0.3, 0.4) is 0 Å². The van der Waals surface area contributed by atoms with Crippen LogP contribution in [0.4, 0.5) is 15.9 Å². The summed E-state index contributed by atoms with van der Waals surface area (Å²) in [4.78, 5) is 22.8. The number of amides is 1. The smallest absolute Gasteiger partial charge is 0.243 e. The quantitative estimate of drug-likeness (QED) is 0.448. The Bertz CT molecular complexity index is 1170. The molecule has 1 unspecified atom stereocenters. The van der Waals surface area contributed by atoms with Crippen molar-refractivity contribution in [3.05, 3.63) is 66.2 Å². The highest BCUT2D eigenvalue weighted by atomic mass is 35.5. The molecule has 8 nitrogen and oxygen atoms in total. The number of nitrogens with zero attached hydrogens (tertiary/aromatic N) is 3. The molecule has 1 aliphatic heterocycles. The highest BCUT2D eigenvalue weighted by Crippen LogP contribution is 2.28. The van der Waals surface area contributed by atoms with Gasteiger partial charge in [0.25, 0.3) is 0 Å². The van der Waals surface area contributed by atoms with Crippen LogP contribution in [-0.4, -0.2) is 66.3 Å². The minimum atomic E-state index is -0.488. The molecule has 1 aromatic heterocycles. The van der Waals surface area contributed by atoms with Crippen LogP contribution in [0.2, 0.25) is 5.02 Å². The van der Waals surface area contributed by atoms with Gasteiger partial charge in [-0.15, -0.1) is 0 Å². The van der Waals surface area contributed by atoms with E-state index in [1.54, 1.807) is 12.1 Å². The van der Waals surface area contributed by atoms with E-state index in [1.165, 1.54) is 24.5 Å². The van der Waals surface area contributed by atoms with Gasteiger partial charge in [0, 0.05) is 36.8 Å². The minimum Gasteiger partial charge on any atom is -0.491 e. The summed E-state index contributed by atoms with van der Waals surface area (Å²) in [5, 5.41) is 6.86. The fourth-order valence-electron chi connectivity index (χ4n) is 3.63. The number of anilines is 2. The van der Waals surface area contributed by atoms with E-state index in [4.69, 9.17) is 21.1 Å². The highest BCUT2D eigenvalue weighted by molar-refractivity contribution is 6.31. The topological polar surface area (TPSA) is 88.6 Å². The van der Waals surface area contributed by atoms with Gasteiger partial charge in [-0.25, -0.2) is 14.4 Å². The normalized spacial score (nSPS) is 15.0. The van der Waals surface area contributed by atoms with Crippen molar-refractivity contribution < 1.29 is 18.7 Å². The first kappa shape index (κ1) is 23.9. The average Bonchev–Trinajstić information content (AvgIpc) is 2.85. The van der Waals surface area contributed by atoms with Crippen LogP contribution in [0.1, 0.15) is 0 Å². The van der Waals surface area contributed by atoms with Gasteiger partial charge < -0.3 is 20.1 Å². The van der Waals surface area contributed by atoms with Crippen LogP contribution in [0.15, 0.2) is 55.4 Å². The lowest BCUT2D eigenvalue weighted by Crippen LogP contribution is -2.49. The van der Waals surface area contributed by atoms with E-state index in [9.17, 15) is 9.18 Å². The summed E-state index contributed by atoms with van der Waals surface area (Å²) in [7, 11) is 0. The molecule has 1 saturated heterocycles. The Hall–Kier alpha value is -3.27. The van der Waals surface area contributed by atoms with E-state index < -0.39 is 5.82 Å². The molecule has 2 aromatic carbocycles. The molecule has 1 atom stereocenters. The minimum absolute atomic E-state index is 0.0224. The number of carbonyl (C=O) groups excluding carboxylic acids is 1. The van der Waals surface area contributed by atoms with Crippen LogP contribution < -0.4 is 15.4 Å². The molecule has 1 aliphatic rings. The van der Waals surface area contributed by atoms with E-state index in [0.717, 1.165) is 18.5 Å². The molecule has 10 heteroatoms. The van der Waals surface area contributed by atoms with Crippen molar-refractivity contribution in [1.82, 2.24) is 20.2 Å². The Morgan fingerprint density at radius 3 is 2.85 bits per heavy atom. The Kier molecular flexibility index (Phi) is 7.89. The van der Waals surface area contributed by atoms with Crippen molar-refractivity contribution in [1.29, 1.82) is 0 Å². The summed E-state index contributed by atoms with van der Waals surface area (Å²) < 4.78 is 24.8. The van der Waals surface area contributed by atoms with Crippen LogP contribution in [0, 0.1) is 5.82 Å². The maximum absolute atomic E-state index is 13.5. The predicted molar refractivity (Wildman–Crippen MR) is 129 cm³/mol. The summed E-state index contributed by atoms with van der Waals surface area (Å²) in [5.74, 6) is 0.437. The molecule has 3 aromatic rings. The lowest BCUT2D eigenvalue weighted by Gasteiger charge is -2.30. The fourth-order valence-corrected chi connectivity index (χ4v) is 3.81. The van der Waals surface area contributed by atoms with Crippen molar-refractivity contribution in [2.75, 3.05) is 44.8 Å². The molecule has 4 rings (SSSR count). The Labute approximate surface area is 201 Å². The molecule has 2 N–H and O–H groups in total. The van der Waals surface area contributed by atoms with E-state index in [0.29, 0.717) is 42.5 Å². The fraction of sp³-hybridized carbons (Fsp3) is 0.292. The number of hydrogen-bond acceptors (Lipinski definition) is 7. The van der Waals surface area contributed by atoms with Gasteiger partial charge in [0.15, 0.2) is 0 Å². The predicted octanol–water partition coefficient (Wildman–Crippen LogP) is 3.55. The molecule has 0 saturated carbocycles. The number of rotatable bonds is 9. The van der Waals surface area contributed by atoms with Gasteiger partial charge in [-0.3, -0.25) is 9.69 Å². The number of ether oxygens (including phenoxy) is 2. The van der Waals surface area contributed by atoms with Crippen molar-refractivity contribution in [3.8, 4) is 5.75 Å². The lowest BCUT2D eigenvalue weighted by molar-refractivity contribution is -0.117. The van der Waals surface area contributed by atoms with Gasteiger partial charge in [0.2, 0.25) is 5.91 Å². The molecule has 0 aliphatic carbocycles. The Balaban J connectivity index is 1.46. The molecule has 2 heterocycles. The second kappa shape index (κ2) is 11.2. The zero-order valence-corrected chi connectivity index (χ0v) is 19.2. The van der Waals surface area contributed by atoms with Crippen LogP contribution in [0.5, 0.6) is 5.75 Å². The second-order valence-electron chi connectivity index (χ2n) is 7.79. The van der Waals surface area contributed by atoms with Crippen molar-refractivity contribution in [3.63, 3.8) is 0 Å². The third-order valence-corrected chi connectivity index (χ3v) is 5.65.